The Kier molecular flexibility index (Phi) is 4.90. The number of hydrogen-bond donors (Lipinski definition) is 1. The molecule has 0 radical (unpaired) electrons. The van der Waals surface area contributed by atoms with Gasteiger partial charge in [-0.25, -0.2) is 0 Å². The second kappa shape index (κ2) is 5.71. The minimum atomic E-state index is -1.17. The van der Waals surface area contributed by atoms with Crippen LogP contribution in [0.3, 0.4) is 0 Å². The van der Waals surface area contributed by atoms with Gasteiger partial charge in [0.15, 0.2) is 5.92 Å². The van der Waals surface area contributed by atoms with Gasteiger partial charge in [0.05, 0.1) is 5.37 Å². The highest BCUT2D eigenvalue weighted by Crippen LogP contribution is 2.28. The van der Waals surface area contributed by atoms with E-state index >= 15 is 0 Å². The van der Waals surface area contributed by atoms with Crippen molar-refractivity contribution in [2.45, 2.75) is 45.8 Å². The largest absolute Gasteiger partial charge is 0.422 e. The third kappa shape index (κ3) is 4.69. The van der Waals surface area contributed by atoms with Crippen LogP contribution in [0.2, 0.25) is 0 Å². The van der Waals surface area contributed by atoms with Crippen LogP contribution in [0.1, 0.15) is 34.6 Å². The topological polar surface area (TPSA) is 64.6 Å². The Morgan fingerprint density at radius 3 is 2.11 bits per heavy atom. The lowest BCUT2D eigenvalue weighted by molar-refractivity contribution is -0.240. The summed E-state index contributed by atoms with van der Waals surface area (Å²) in [4.78, 5) is 23.9. The van der Waals surface area contributed by atoms with Crippen molar-refractivity contribution in [1.29, 1.82) is 0 Å². The average molecular weight is 289 g/mol. The fourth-order valence-corrected chi connectivity index (χ4v) is 2.46. The van der Waals surface area contributed by atoms with Crippen LogP contribution in [-0.2, 0) is 19.1 Å². The molecule has 1 aliphatic heterocycles. The molecule has 0 spiro atoms. The number of ether oxygens (including phenoxy) is 2. The summed E-state index contributed by atoms with van der Waals surface area (Å²) in [5.74, 6) is -3.13. The summed E-state index contributed by atoms with van der Waals surface area (Å²) in [7, 11) is 0. The molecule has 1 saturated heterocycles. The zero-order chi connectivity index (χ0) is 14.8. The van der Waals surface area contributed by atoms with Gasteiger partial charge in [-0.3, -0.25) is 9.59 Å². The zero-order valence-electron chi connectivity index (χ0n) is 12.4. The molecule has 1 atom stereocenters. The van der Waals surface area contributed by atoms with Gasteiger partial charge in [0.1, 0.15) is 0 Å². The van der Waals surface area contributed by atoms with E-state index in [1.165, 1.54) is 11.8 Å². The first-order valence-corrected chi connectivity index (χ1v) is 7.56. The van der Waals surface area contributed by atoms with Gasteiger partial charge in [-0.15, -0.1) is 11.8 Å². The number of carbonyl (C=O) groups is 2. The standard InChI is InChI=1S/C13H23NO4S/c1-12(2,3)7-14-9(19-6)8-10(15)17-13(4,5)18-11(8)16/h8-9,14H,7H2,1-6H3. The summed E-state index contributed by atoms with van der Waals surface area (Å²) in [6.07, 6.45) is 1.85. The predicted molar refractivity (Wildman–Crippen MR) is 74.5 cm³/mol. The predicted octanol–water partition coefficient (Wildman–Crippen LogP) is 1.76. The summed E-state index contributed by atoms with van der Waals surface area (Å²) < 4.78 is 10.3. The minimum Gasteiger partial charge on any atom is -0.422 e. The van der Waals surface area contributed by atoms with Gasteiger partial charge in [0.25, 0.3) is 5.79 Å². The van der Waals surface area contributed by atoms with Crippen molar-refractivity contribution in [2.24, 2.45) is 11.3 Å². The van der Waals surface area contributed by atoms with E-state index in [0.717, 1.165) is 0 Å². The fourth-order valence-electron chi connectivity index (χ4n) is 1.72. The molecule has 1 fully saturated rings. The molecule has 0 aromatic carbocycles. The maximum Gasteiger partial charge on any atom is 0.326 e. The highest BCUT2D eigenvalue weighted by molar-refractivity contribution is 7.99. The van der Waals surface area contributed by atoms with E-state index in [9.17, 15) is 9.59 Å². The zero-order valence-corrected chi connectivity index (χ0v) is 13.2. The van der Waals surface area contributed by atoms with E-state index in [1.807, 2.05) is 6.26 Å². The van der Waals surface area contributed by atoms with E-state index < -0.39 is 23.6 Å². The Morgan fingerprint density at radius 1 is 1.26 bits per heavy atom. The highest BCUT2D eigenvalue weighted by Gasteiger charge is 2.47. The van der Waals surface area contributed by atoms with Gasteiger partial charge in [-0.1, -0.05) is 20.8 Å². The molecule has 0 aromatic heterocycles. The summed E-state index contributed by atoms with van der Waals surface area (Å²) >= 11 is 1.41. The molecule has 1 aliphatic rings. The van der Waals surface area contributed by atoms with Gasteiger partial charge < -0.3 is 14.8 Å². The molecule has 1 rings (SSSR count). The maximum absolute atomic E-state index is 12.0. The van der Waals surface area contributed by atoms with Crippen LogP contribution in [0.25, 0.3) is 0 Å². The number of hydrogen-bond acceptors (Lipinski definition) is 6. The molecular formula is C13H23NO4S. The van der Waals surface area contributed by atoms with Crippen LogP contribution in [0.4, 0.5) is 0 Å². The normalized spacial score (nSPS) is 21.8. The van der Waals surface area contributed by atoms with Crippen molar-refractivity contribution in [3.05, 3.63) is 0 Å². The molecule has 6 heteroatoms. The number of thioether (sulfide) groups is 1. The number of esters is 2. The molecular weight excluding hydrogens is 266 g/mol. The Labute approximate surface area is 118 Å². The minimum absolute atomic E-state index is 0.0652. The van der Waals surface area contributed by atoms with Gasteiger partial charge in [0.2, 0.25) is 0 Å². The molecule has 5 nitrogen and oxygen atoms in total. The smallest absolute Gasteiger partial charge is 0.326 e. The van der Waals surface area contributed by atoms with Crippen LogP contribution < -0.4 is 5.32 Å². The molecule has 0 aromatic rings. The van der Waals surface area contributed by atoms with Gasteiger partial charge in [-0.2, -0.15) is 0 Å². The van der Waals surface area contributed by atoms with Gasteiger partial charge in [-0.05, 0) is 11.7 Å². The van der Waals surface area contributed by atoms with Gasteiger partial charge in [0, 0.05) is 20.4 Å². The molecule has 0 saturated carbocycles. The second-order valence-corrected chi connectivity index (χ2v) is 7.30. The highest BCUT2D eigenvalue weighted by atomic mass is 32.2. The van der Waals surface area contributed by atoms with Crippen molar-refractivity contribution in [2.75, 3.05) is 12.8 Å². The first-order valence-electron chi connectivity index (χ1n) is 6.28. The first-order chi connectivity index (χ1) is 8.56. The lowest BCUT2D eigenvalue weighted by atomic mass is 9.96. The van der Waals surface area contributed by atoms with Crippen molar-refractivity contribution >= 4 is 23.7 Å². The third-order valence-electron chi connectivity index (χ3n) is 2.59. The Morgan fingerprint density at radius 2 is 1.74 bits per heavy atom. The van der Waals surface area contributed by atoms with Crippen LogP contribution >= 0.6 is 11.8 Å². The Hall–Kier alpha value is -0.750. The quantitative estimate of drug-likeness (QED) is 0.483. The van der Waals surface area contributed by atoms with Crippen molar-refractivity contribution < 1.29 is 19.1 Å². The van der Waals surface area contributed by atoms with E-state index in [4.69, 9.17) is 9.47 Å². The molecule has 0 aliphatic carbocycles. The fraction of sp³-hybridized carbons (Fsp3) is 0.846. The second-order valence-electron chi connectivity index (χ2n) is 6.32. The molecule has 110 valence electrons. The summed E-state index contributed by atoms with van der Waals surface area (Å²) in [5, 5.41) is 2.89. The van der Waals surface area contributed by atoms with Crippen molar-refractivity contribution in [3.63, 3.8) is 0 Å². The summed E-state index contributed by atoms with van der Waals surface area (Å²) in [5.41, 5.74) is 0.0652. The van der Waals surface area contributed by atoms with Crippen LogP contribution in [0.15, 0.2) is 0 Å². The molecule has 1 N–H and O–H groups in total. The number of nitrogens with one attached hydrogen (secondary N) is 1. The van der Waals surface area contributed by atoms with Crippen molar-refractivity contribution in [3.8, 4) is 0 Å². The third-order valence-corrected chi connectivity index (χ3v) is 3.54. The van der Waals surface area contributed by atoms with E-state index in [1.54, 1.807) is 13.8 Å². The Bertz CT molecular complexity index is 342. The Balaban J connectivity index is 2.75. The van der Waals surface area contributed by atoms with Crippen LogP contribution in [-0.4, -0.2) is 35.9 Å². The molecule has 19 heavy (non-hydrogen) atoms. The lowest BCUT2D eigenvalue weighted by Crippen LogP contribution is -2.53. The SMILES string of the molecule is CSC(NCC(C)(C)C)C1C(=O)OC(C)(C)OC1=O. The van der Waals surface area contributed by atoms with E-state index in [0.29, 0.717) is 6.54 Å². The molecule has 1 heterocycles. The molecule has 1 unspecified atom stereocenters. The monoisotopic (exact) mass is 289 g/mol. The van der Waals surface area contributed by atoms with E-state index in [-0.39, 0.29) is 10.8 Å². The summed E-state index contributed by atoms with van der Waals surface area (Å²) in [6.45, 7) is 10.0. The molecule has 0 bridgehead atoms. The van der Waals surface area contributed by atoms with Crippen molar-refractivity contribution in [1.82, 2.24) is 5.32 Å². The number of cyclic esters (lactones) is 2. The summed E-state index contributed by atoms with van der Waals surface area (Å²) in [6, 6.07) is 0. The maximum atomic E-state index is 12.0. The van der Waals surface area contributed by atoms with Crippen LogP contribution in [0, 0.1) is 11.3 Å². The first kappa shape index (κ1) is 16.3. The average Bonchev–Trinajstić information content (AvgIpc) is 2.18. The lowest BCUT2D eigenvalue weighted by Gasteiger charge is -2.36. The van der Waals surface area contributed by atoms with Gasteiger partial charge >= 0.3 is 11.9 Å². The number of rotatable bonds is 4. The molecule has 0 amide bonds. The van der Waals surface area contributed by atoms with Crippen LogP contribution in [0.5, 0.6) is 0 Å². The number of carbonyl (C=O) groups excluding carboxylic acids is 2. The van der Waals surface area contributed by atoms with E-state index in [2.05, 4.69) is 26.1 Å².